The van der Waals surface area contributed by atoms with E-state index in [9.17, 15) is 0 Å². The smallest absolute Gasteiger partial charge is 0.326 e. The Bertz CT molecular complexity index is 2250. The minimum atomic E-state index is -0.121. The van der Waals surface area contributed by atoms with E-state index >= 15 is 0 Å². The predicted octanol–water partition coefficient (Wildman–Crippen LogP) is 11.2. The Morgan fingerprint density at radius 1 is 0.591 bits per heavy atom. The van der Waals surface area contributed by atoms with Gasteiger partial charge in [0.1, 0.15) is 6.17 Å². The Balaban J connectivity index is 0.00000312. The van der Waals surface area contributed by atoms with Crippen molar-refractivity contribution in [1.82, 2.24) is 4.57 Å². The van der Waals surface area contributed by atoms with Gasteiger partial charge >= 0.3 is 19.5 Å². The van der Waals surface area contributed by atoms with Crippen LogP contribution in [0.25, 0.3) is 43.4 Å². The molecule has 0 bridgehead atoms. The minimum Gasteiger partial charge on any atom is -0.326 e. The minimum absolute atomic E-state index is 0. The van der Waals surface area contributed by atoms with Crippen LogP contribution in [0.15, 0.2) is 84.9 Å². The van der Waals surface area contributed by atoms with Gasteiger partial charge < -0.3 is 9.47 Å². The van der Waals surface area contributed by atoms with Crippen LogP contribution < -0.4 is 4.90 Å². The van der Waals surface area contributed by atoms with Crippen LogP contribution in [-0.2, 0) is 30.3 Å². The van der Waals surface area contributed by atoms with Crippen LogP contribution in [0.1, 0.15) is 68.6 Å². The number of para-hydroxylation sites is 1. The topological polar surface area (TPSA) is 8.17 Å². The summed E-state index contributed by atoms with van der Waals surface area (Å²) in [4.78, 5) is 2.68. The van der Waals surface area contributed by atoms with E-state index in [4.69, 9.17) is 0 Å². The summed E-state index contributed by atoms with van der Waals surface area (Å²) in [6.45, 7) is 19.0. The largest absolute Gasteiger partial charge is 1.00 e. The molecule has 0 amide bonds. The average Bonchev–Trinajstić information content (AvgIpc) is 3.28. The average molecular weight is 661 g/mol. The van der Waals surface area contributed by atoms with Crippen molar-refractivity contribution in [1.29, 1.82) is 0 Å². The number of nitrogens with zero attached hydrogens (tertiary/aromatic N) is 2. The maximum absolute atomic E-state index is 3.70. The summed E-state index contributed by atoms with van der Waals surface area (Å²) in [7, 11) is 0. The van der Waals surface area contributed by atoms with Crippen molar-refractivity contribution in [3.63, 3.8) is 0 Å². The standard InChI is InChI=1S/C41H39N2.Ru/c1-24-20-21-32-30-17-11-9-15-28(30)29-16-10-12-18-31(29)33-22-23-35-39-38(33)43(37(32)26(24)3)27(4)42(39)36-25(2)14-13-19-34(36)40(5,6)41(35,7)8;/h9-16,18-23,27H,1-8H3;/q-1;+1/t27-;/m1./s1. The van der Waals surface area contributed by atoms with Crippen molar-refractivity contribution >= 4 is 54.7 Å². The monoisotopic (exact) mass is 661 g/mol. The number of hydrogen-bond acceptors (Lipinski definition) is 1. The van der Waals surface area contributed by atoms with Crippen molar-refractivity contribution in [3.8, 4) is 0 Å². The molecule has 5 aromatic carbocycles. The molecule has 44 heavy (non-hydrogen) atoms. The van der Waals surface area contributed by atoms with Gasteiger partial charge in [0.25, 0.3) is 0 Å². The van der Waals surface area contributed by atoms with Gasteiger partial charge in [0.05, 0.1) is 11.2 Å². The van der Waals surface area contributed by atoms with Crippen LogP contribution in [0.3, 0.4) is 0 Å². The number of rotatable bonds is 0. The second-order valence-corrected chi connectivity index (χ2v) is 13.9. The molecule has 8 rings (SSSR count). The van der Waals surface area contributed by atoms with Crippen LogP contribution in [0.5, 0.6) is 0 Å². The Morgan fingerprint density at radius 3 is 1.95 bits per heavy atom. The van der Waals surface area contributed by atoms with Gasteiger partial charge in [-0.1, -0.05) is 105 Å². The van der Waals surface area contributed by atoms with E-state index in [1.165, 1.54) is 82.5 Å². The summed E-state index contributed by atoms with van der Waals surface area (Å²) in [5.74, 6) is 0. The number of aryl methyl sites for hydroxylation is 3. The van der Waals surface area contributed by atoms with Gasteiger partial charge in [-0.3, -0.25) is 0 Å². The molecule has 2 aliphatic rings. The fourth-order valence-corrected chi connectivity index (χ4v) is 8.18. The molecule has 0 aliphatic carbocycles. The Hall–Kier alpha value is -3.68. The molecule has 3 heterocycles. The third-order valence-electron chi connectivity index (χ3n) is 11.3. The first kappa shape index (κ1) is 29.1. The van der Waals surface area contributed by atoms with E-state index in [2.05, 4.69) is 156 Å². The van der Waals surface area contributed by atoms with Crippen molar-refractivity contribution in [2.75, 3.05) is 4.90 Å². The van der Waals surface area contributed by atoms with Gasteiger partial charge in [0.2, 0.25) is 0 Å². The second kappa shape index (κ2) is 9.66. The molecule has 1 radical (unpaired) electrons. The third kappa shape index (κ3) is 3.51. The Labute approximate surface area is 273 Å². The van der Waals surface area contributed by atoms with Crippen LogP contribution >= 0.6 is 0 Å². The molecule has 0 spiro atoms. The summed E-state index contributed by atoms with van der Waals surface area (Å²) < 4.78 is 2.67. The van der Waals surface area contributed by atoms with Crippen molar-refractivity contribution < 1.29 is 19.5 Å². The van der Waals surface area contributed by atoms with Gasteiger partial charge in [0, 0.05) is 27.4 Å². The molecular formula is C41H39N2Ru. The molecule has 2 aliphatic heterocycles. The maximum atomic E-state index is 3.70. The maximum Gasteiger partial charge on any atom is 1.00 e. The number of hydrogen-bond donors (Lipinski definition) is 0. The van der Waals surface area contributed by atoms with E-state index in [0.29, 0.717) is 0 Å². The van der Waals surface area contributed by atoms with Crippen LogP contribution in [0.4, 0.5) is 11.4 Å². The van der Waals surface area contributed by atoms with E-state index in [1.54, 1.807) is 0 Å². The molecule has 0 saturated heterocycles. The molecule has 3 heteroatoms. The Morgan fingerprint density at radius 2 is 1.23 bits per heavy atom. The van der Waals surface area contributed by atoms with E-state index in [-0.39, 0.29) is 36.5 Å². The Kier molecular flexibility index (Phi) is 6.38. The van der Waals surface area contributed by atoms with Crippen molar-refractivity contribution in [2.24, 2.45) is 0 Å². The fraction of sp³-hybridized carbons (Fsp3) is 0.268. The first-order chi connectivity index (χ1) is 20.6. The summed E-state index contributed by atoms with van der Waals surface area (Å²) in [6.07, 6.45) is 0.0659. The molecule has 1 aromatic heterocycles. The van der Waals surface area contributed by atoms with Crippen LogP contribution in [0.2, 0.25) is 0 Å². The fourth-order valence-electron chi connectivity index (χ4n) is 8.18. The molecule has 0 unspecified atom stereocenters. The molecule has 2 nitrogen and oxygen atoms in total. The number of anilines is 2. The molecule has 6 aromatic rings. The SMILES string of the molecule is Cc1cccc2c1N1c3c(ccc4c5ccccc5c5ccc[c-]c5c5ccc(C)c(C)c5n(c34)[C@@H]1C)C(C)(C)C2(C)C.[Ru+]. The molecule has 0 N–H and O–H groups in total. The number of fused-ring (bicyclic) bond motifs is 9. The zero-order chi connectivity index (χ0) is 30.0. The molecule has 0 saturated carbocycles. The normalized spacial score (nSPS) is 17.5. The first-order valence-electron chi connectivity index (χ1n) is 15.6. The summed E-state index contributed by atoms with van der Waals surface area (Å²) >= 11 is 0. The van der Waals surface area contributed by atoms with Crippen molar-refractivity contribution in [3.05, 3.63) is 119 Å². The van der Waals surface area contributed by atoms with Crippen LogP contribution in [-0.4, -0.2) is 4.57 Å². The third-order valence-corrected chi connectivity index (χ3v) is 11.3. The quantitative estimate of drug-likeness (QED) is 0.116. The van der Waals surface area contributed by atoms with Gasteiger partial charge in [-0.25, -0.2) is 0 Å². The van der Waals surface area contributed by atoms with E-state index in [0.717, 1.165) is 0 Å². The first-order valence-corrected chi connectivity index (χ1v) is 15.6. The zero-order valence-corrected chi connectivity index (χ0v) is 28.6. The van der Waals surface area contributed by atoms with Gasteiger partial charge in [-0.05, 0) is 60.9 Å². The van der Waals surface area contributed by atoms with E-state index < -0.39 is 0 Å². The van der Waals surface area contributed by atoms with Gasteiger partial charge in [0.15, 0.2) is 0 Å². The number of aromatic nitrogens is 1. The van der Waals surface area contributed by atoms with Gasteiger partial charge in [-0.2, -0.15) is 0 Å². The molecule has 0 fully saturated rings. The second-order valence-electron chi connectivity index (χ2n) is 13.9. The number of benzene rings is 5. The summed E-state index contributed by atoms with van der Waals surface area (Å²) in [5.41, 5.74) is 11.9. The predicted molar refractivity (Wildman–Crippen MR) is 184 cm³/mol. The summed E-state index contributed by atoms with van der Waals surface area (Å²) in [6, 6.07) is 35.5. The molecule has 221 valence electrons. The van der Waals surface area contributed by atoms with E-state index in [1.807, 2.05) is 0 Å². The van der Waals surface area contributed by atoms with Crippen LogP contribution in [0, 0.1) is 26.8 Å². The summed E-state index contributed by atoms with van der Waals surface area (Å²) in [5, 5.41) is 7.46. The molecule has 1 atom stereocenters. The van der Waals surface area contributed by atoms with Crippen molar-refractivity contribution in [2.45, 2.75) is 72.4 Å². The molecular weight excluding hydrogens is 622 g/mol. The zero-order valence-electron chi connectivity index (χ0n) is 26.9. The van der Waals surface area contributed by atoms with Gasteiger partial charge in [-0.15, -0.1) is 35.0 Å².